The van der Waals surface area contributed by atoms with E-state index in [9.17, 15) is 14.4 Å². The fourth-order valence-corrected chi connectivity index (χ4v) is 11.7. The highest BCUT2D eigenvalue weighted by Crippen LogP contribution is 2.39. The number of anilines is 4. The molecule has 0 radical (unpaired) electrons. The zero-order chi connectivity index (χ0) is 64.1. The van der Waals surface area contributed by atoms with E-state index in [1.807, 2.05) is 181 Å². The lowest BCUT2D eigenvalue weighted by atomic mass is 9.93. The van der Waals surface area contributed by atoms with Gasteiger partial charge in [0.2, 0.25) is 17.7 Å². The summed E-state index contributed by atoms with van der Waals surface area (Å²) in [5.74, 6) is -0.288. The number of hydrogen-bond donors (Lipinski definition) is 5. The van der Waals surface area contributed by atoms with Crippen molar-refractivity contribution in [2.75, 3.05) is 21.3 Å². The molecule has 6 aromatic carbocycles. The number of hydrogen-bond acceptors (Lipinski definition) is 8. The molecule has 3 amide bonds. The molecule has 5 aromatic heterocycles. The Morgan fingerprint density at radius 3 is 1.43 bits per heavy atom. The zero-order valence-electron chi connectivity index (χ0n) is 52.5. The van der Waals surface area contributed by atoms with Crippen LogP contribution in [-0.2, 0) is 14.4 Å². The van der Waals surface area contributed by atoms with Crippen molar-refractivity contribution < 1.29 is 14.4 Å². The van der Waals surface area contributed by atoms with Crippen molar-refractivity contribution in [1.82, 2.24) is 24.9 Å². The lowest BCUT2D eigenvalue weighted by Crippen LogP contribution is -2.22. The minimum absolute atomic E-state index is 0.0106. The Kier molecular flexibility index (Phi) is 21.1. The average molecular weight is 1290 g/mol. The van der Waals surface area contributed by atoms with E-state index in [2.05, 4.69) is 137 Å². The highest BCUT2D eigenvalue weighted by atomic mass is 79.9. The Morgan fingerprint density at radius 2 is 0.967 bits per heavy atom. The molecule has 0 bridgehead atoms. The molecule has 3 unspecified atom stereocenters. The summed E-state index contributed by atoms with van der Waals surface area (Å²) in [5.41, 5.74) is 20.1. The number of carbonyl (C=O) groups excluding carboxylic acids is 3. The highest BCUT2D eigenvalue weighted by Gasteiger charge is 2.31. The van der Waals surface area contributed by atoms with Crippen LogP contribution in [0.1, 0.15) is 104 Å². The van der Waals surface area contributed by atoms with Gasteiger partial charge in [-0.1, -0.05) is 107 Å². The molecule has 5 heterocycles. The first-order chi connectivity index (χ1) is 43.9. The number of aryl methyl sites for hydroxylation is 4. The van der Waals surface area contributed by atoms with E-state index < -0.39 is 0 Å². The Hall–Kier alpha value is -9.56. The van der Waals surface area contributed by atoms with E-state index >= 15 is 0 Å². The number of aromatic nitrogens is 5. The molecule has 11 aromatic rings. The third kappa shape index (κ3) is 17.9. The van der Waals surface area contributed by atoms with Crippen molar-refractivity contribution in [3.63, 3.8) is 0 Å². The second-order valence-corrected chi connectivity index (χ2v) is 25.2. The Morgan fingerprint density at radius 1 is 0.495 bits per heavy atom. The van der Waals surface area contributed by atoms with Gasteiger partial charge in [-0.25, -0.2) is 0 Å². The fourth-order valence-electron chi connectivity index (χ4n) is 10.8. The summed E-state index contributed by atoms with van der Waals surface area (Å²) in [5, 5.41) is 14.3. The standard InChI is InChI=1S/C30H27N3O.C26H30N4O.C21H18BrClN2O/c1-19-14-26(18-27(15-19)23-6-9-29-25(17-23)11-13-32-29)21(3)30(34)33-28-7-4-22(5-8-28)24-10-12-31-20(2)16-24;1-17(2)29-23-10-11-25(28-16-23)24(15-19-4-5-19)26(31)30-22-8-6-20(7-9-22)21-12-13-27-18(3)14-21;1-13-9-16(7-8-24-13)15-3-5-20(6-4-15)25-21(26)14(2)17-10-18(22)12-19(23)11-17/h4-18,21,32H,1-3H3,(H,33,34);6-14,16-17,19,24,29H,4-5,15H2,1-3H3,(H,30,31);3-12,14H,1-2H3,(H,25,26). The predicted molar refractivity (Wildman–Crippen MR) is 377 cm³/mol. The SMILES string of the molecule is Cc1cc(-c2ccc(NC(=O)C(C)c3cc(Cl)cc(Br)c3)cc2)ccn1.Cc1cc(-c2ccc(NC(=O)C(CC3CC3)c3ccc(NC(C)C)cn3)cc2)ccn1.Cc1cc(-c2ccc3[nH]ccc3c2)cc(C(C)C(=O)Nc2ccc(-c3ccnc(C)c3)cc2)c1. The summed E-state index contributed by atoms with van der Waals surface area (Å²) in [6, 6.07) is 60.5. The number of carbonyl (C=O) groups is 3. The van der Waals surface area contributed by atoms with Crippen molar-refractivity contribution in [2.24, 2.45) is 5.92 Å². The fraction of sp³-hybridized carbons (Fsp3) is 0.208. The van der Waals surface area contributed by atoms with Crippen molar-refractivity contribution in [3.8, 4) is 44.5 Å². The minimum Gasteiger partial charge on any atom is -0.382 e. The number of pyridine rings is 4. The summed E-state index contributed by atoms with van der Waals surface area (Å²) in [6.45, 7) is 16.0. The van der Waals surface area contributed by atoms with Gasteiger partial charge in [-0.15, -0.1) is 0 Å². The lowest BCUT2D eigenvalue weighted by molar-refractivity contribution is -0.118. The van der Waals surface area contributed by atoms with Crippen LogP contribution in [0.2, 0.25) is 5.02 Å². The van der Waals surface area contributed by atoms with Gasteiger partial charge < -0.3 is 26.3 Å². The molecule has 12 rings (SSSR count). The smallest absolute Gasteiger partial charge is 0.233 e. The highest BCUT2D eigenvalue weighted by molar-refractivity contribution is 9.10. The summed E-state index contributed by atoms with van der Waals surface area (Å²) in [7, 11) is 0. The van der Waals surface area contributed by atoms with Gasteiger partial charge in [-0.2, -0.15) is 0 Å². The molecule has 91 heavy (non-hydrogen) atoms. The Balaban J connectivity index is 0.000000151. The Labute approximate surface area is 547 Å². The van der Waals surface area contributed by atoms with Crippen molar-refractivity contribution >= 4 is 78.9 Å². The molecule has 1 fully saturated rings. The molecule has 1 aliphatic rings. The number of rotatable bonds is 17. The van der Waals surface area contributed by atoms with Crippen LogP contribution in [-0.4, -0.2) is 48.7 Å². The second kappa shape index (κ2) is 29.8. The monoisotopic (exact) mass is 1290 g/mol. The maximum absolute atomic E-state index is 13.2. The van der Waals surface area contributed by atoms with Gasteiger partial charge in [0, 0.05) is 80.0 Å². The molecule has 0 saturated heterocycles. The maximum atomic E-state index is 13.2. The first kappa shape index (κ1) is 64.4. The maximum Gasteiger partial charge on any atom is 0.233 e. The van der Waals surface area contributed by atoms with E-state index in [1.54, 1.807) is 12.3 Å². The van der Waals surface area contributed by atoms with Crippen LogP contribution in [0, 0.1) is 33.6 Å². The predicted octanol–water partition coefficient (Wildman–Crippen LogP) is 19.3. The quantitative estimate of drug-likeness (QED) is 0.0601. The second-order valence-electron chi connectivity index (χ2n) is 23.8. The largest absolute Gasteiger partial charge is 0.382 e. The van der Waals surface area contributed by atoms with Crippen LogP contribution < -0.4 is 21.3 Å². The van der Waals surface area contributed by atoms with Crippen LogP contribution in [0.4, 0.5) is 22.7 Å². The molecule has 1 aliphatic carbocycles. The number of amides is 3. The van der Waals surface area contributed by atoms with Crippen molar-refractivity contribution in [2.45, 2.75) is 98.4 Å². The van der Waals surface area contributed by atoms with Crippen LogP contribution in [0.15, 0.2) is 217 Å². The third-order valence-corrected chi connectivity index (χ3v) is 16.7. The van der Waals surface area contributed by atoms with E-state index in [0.717, 1.165) is 123 Å². The number of nitrogens with zero attached hydrogens (tertiary/aromatic N) is 4. The third-order valence-electron chi connectivity index (χ3n) is 16.0. The Bertz CT molecular complexity index is 4300. The molecule has 3 atom stereocenters. The molecular weight excluding hydrogens is 1210 g/mol. The van der Waals surface area contributed by atoms with Gasteiger partial charge in [0.1, 0.15) is 0 Å². The van der Waals surface area contributed by atoms with E-state index in [-0.39, 0.29) is 35.5 Å². The van der Waals surface area contributed by atoms with E-state index in [1.165, 1.54) is 18.2 Å². The molecule has 14 heteroatoms. The molecule has 5 N–H and O–H groups in total. The number of H-pyrrole nitrogens is 1. The molecule has 460 valence electrons. The van der Waals surface area contributed by atoms with Crippen LogP contribution in [0.25, 0.3) is 55.4 Å². The van der Waals surface area contributed by atoms with Gasteiger partial charge in [0.15, 0.2) is 0 Å². The van der Waals surface area contributed by atoms with Gasteiger partial charge in [-0.05, 0) is 250 Å². The molecule has 12 nitrogen and oxygen atoms in total. The normalized spacial score (nSPS) is 12.7. The molecule has 0 aliphatic heterocycles. The van der Waals surface area contributed by atoms with Gasteiger partial charge >= 0.3 is 0 Å². The zero-order valence-corrected chi connectivity index (χ0v) is 54.8. The van der Waals surface area contributed by atoms with E-state index in [4.69, 9.17) is 11.6 Å². The van der Waals surface area contributed by atoms with Gasteiger partial charge in [0.25, 0.3) is 0 Å². The minimum atomic E-state index is -0.312. The topological polar surface area (TPSA) is 167 Å². The number of nitrogens with one attached hydrogen (secondary N) is 5. The van der Waals surface area contributed by atoms with Gasteiger partial charge in [0.05, 0.1) is 35.3 Å². The first-order valence-electron chi connectivity index (χ1n) is 30.8. The van der Waals surface area contributed by atoms with Crippen molar-refractivity contribution in [3.05, 3.63) is 262 Å². The number of halogens is 2. The summed E-state index contributed by atoms with van der Waals surface area (Å²) < 4.78 is 0.858. The molecule has 1 saturated carbocycles. The first-order valence-corrected chi connectivity index (χ1v) is 31.9. The van der Waals surface area contributed by atoms with E-state index in [0.29, 0.717) is 17.0 Å². The molecular formula is C77H75BrClN9O3. The van der Waals surface area contributed by atoms with Crippen LogP contribution >= 0.6 is 27.5 Å². The van der Waals surface area contributed by atoms with Crippen molar-refractivity contribution in [1.29, 1.82) is 0 Å². The lowest BCUT2D eigenvalue weighted by Gasteiger charge is -2.17. The summed E-state index contributed by atoms with van der Waals surface area (Å²) in [6.07, 6.45) is 12.5. The average Bonchev–Trinajstić information content (AvgIpc) is 4.03. The number of aromatic amines is 1. The van der Waals surface area contributed by atoms with Crippen LogP contribution in [0.3, 0.4) is 0 Å². The van der Waals surface area contributed by atoms with Gasteiger partial charge in [-0.3, -0.25) is 34.3 Å². The van der Waals surface area contributed by atoms with Crippen LogP contribution in [0.5, 0.6) is 0 Å². The summed E-state index contributed by atoms with van der Waals surface area (Å²) in [4.78, 5) is 59.4. The molecule has 0 spiro atoms. The number of fused-ring (bicyclic) bond motifs is 1. The summed E-state index contributed by atoms with van der Waals surface area (Å²) >= 11 is 9.49. The number of benzene rings is 6.